The third-order valence-electron chi connectivity index (χ3n) is 4.08. The Labute approximate surface area is 170 Å². The lowest BCUT2D eigenvalue weighted by Crippen LogP contribution is -2.45. The van der Waals surface area contributed by atoms with E-state index in [1.807, 2.05) is 0 Å². The van der Waals surface area contributed by atoms with E-state index in [9.17, 15) is 19.2 Å². The van der Waals surface area contributed by atoms with Crippen LogP contribution in [0.4, 0.5) is 5.69 Å². The van der Waals surface area contributed by atoms with Gasteiger partial charge in [0, 0.05) is 24.6 Å². The summed E-state index contributed by atoms with van der Waals surface area (Å²) in [6, 6.07) is 6.60. The largest absolute Gasteiger partial charge is 0.497 e. The smallest absolute Gasteiger partial charge is 0.305 e. The maximum atomic E-state index is 12.3. The van der Waals surface area contributed by atoms with Crippen LogP contribution in [0.25, 0.3) is 0 Å². The molecule has 0 spiro atoms. The van der Waals surface area contributed by atoms with Crippen molar-refractivity contribution in [3.8, 4) is 5.75 Å². The van der Waals surface area contributed by atoms with Crippen molar-refractivity contribution in [2.24, 2.45) is 0 Å². The van der Waals surface area contributed by atoms with Gasteiger partial charge in [-0.15, -0.1) is 0 Å². The third kappa shape index (κ3) is 9.09. The van der Waals surface area contributed by atoms with E-state index in [1.54, 1.807) is 45.2 Å². The Bertz CT molecular complexity index is 703. The molecule has 1 rings (SSSR count). The average molecular weight is 407 g/mol. The number of amides is 3. The Morgan fingerprint density at radius 3 is 2.21 bits per heavy atom. The lowest BCUT2D eigenvalue weighted by molar-refractivity contribution is -0.141. The van der Waals surface area contributed by atoms with Crippen LogP contribution in [0.3, 0.4) is 0 Å². The molecule has 0 atom stereocenters. The fourth-order valence-electron chi connectivity index (χ4n) is 2.46. The summed E-state index contributed by atoms with van der Waals surface area (Å²) in [7, 11) is 2.84. The van der Waals surface area contributed by atoms with E-state index in [-0.39, 0.29) is 49.8 Å². The van der Waals surface area contributed by atoms with Gasteiger partial charge in [0.1, 0.15) is 5.75 Å². The number of anilines is 1. The van der Waals surface area contributed by atoms with E-state index in [0.717, 1.165) is 0 Å². The lowest BCUT2D eigenvalue weighted by Gasteiger charge is -2.26. The number of ether oxygens (including phenoxy) is 2. The molecule has 3 amide bonds. The van der Waals surface area contributed by atoms with Gasteiger partial charge in [-0.05, 0) is 44.5 Å². The van der Waals surface area contributed by atoms with Crippen molar-refractivity contribution in [3.05, 3.63) is 24.3 Å². The van der Waals surface area contributed by atoms with Crippen molar-refractivity contribution >= 4 is 29.4 Å². The number of benzene rings is 1. The molecule has 29 heavy (non-hydrogen) atoms. The number of esters is 1. The van der Waals surface area contributed by atoms with E-state index in [0.29, 0.717) is 17.9 Å². The lowest BCUT2D eigenvalue weighted by atomic mass is 10.2. The molecule has 9 nitrogen and oxygen atoms in total. The Morgan fingerprint density at radius 2 is 1.66 bits per heavy atom. The van der Waals surface area contributed by atoms with Gasteiger partial charge in [0.2, 0.25) is 17.7 Å². The van der Waals surface area contributed by atoms with Gasteiger partial charge in [0.25, 0.3) is 0 Å². The number of hydrogen-bond donors (Lipinski definition) is 2. The zero-order valence-electron chi connectivity index (χ0n) is 17.3. The number of methoxy groups -OCH3 is 2. The molecule has 1 aromatic rings. The van der Waals surface area contributed by atoms with Crippen LogP contribution in [0.1, 0.15) is 33.1 Å². The summed E-state index contributed by atoms with van der Waals surface area (Å²) in [5.41, 5.74) is 0.578. The zero-order valence-corrected chi connectivity index (χ0v) is 17.3. The van der Waals surface area contributed by atoms with Gasteiger partial charge >= 0.3 is 5.97 Å². The number of nitrogens with zero attached hydrogens (tertiary/aromatic N) is 1. The first-order chi connectivity index (χ1) is 13.8. The first kappa shape index (κ1) is 23.9. The highest BCUT2D eigenvalue weighted by atomic mass is 16.5. The zero-order chi connectivity index (χ0) is 21.8. The molecule has 0 saturated carbocycles. The van der Waals surface area contributed by atoms with Crippen LogP contribution < -0.4 is 15.4 Å². The molecule has 160 valence electrons. The predicted molar refractivity (Wildman–Crippen MR) is 107 cm³/mol. The molecular formula is C20H29N3O6. The summed E-state index contributed by atoms with van der Waals surface area (Å²) in [6.45, 7) is 3.21. The maximum Gasteiger partial charge on any atom is 0.305 e. The van der Waals surface area contributed by atoms with Gasteiger partial charge in [-0.3, -0.25) is 19.2 Å². The van der Waals surface area contributed by atoms with Crippen LogP contribution in [0.5, 0.6) is 5.75 Å². The molecule has 0 fully saturated rings. The van der Waals surface area contributed by atoms with Crippen molar-refractivity contribution in [2.45, 2.75) is 39.2 Å². The molecule has 0 aliphatic rings. The maximum absolute atomic E-state index is 12.3. The highest BCUT2D eigenvalue weighted by Crippen LogP contribution is 2.14. The number of nitrogens with one attached hydrogen (secondary N) is 2. The molecule has 0 radical (unpaired) electrons. The molecule has 0 aliphatic carbocycles. The van der Waals surface area contributed by atoms with Crippen LogP contribution in [-0.4, -0.2) is 61.9 Å². The van der Waals surface area contributed by atoms with Crippen LogP contribution in [-0.2, 0) is 23.9 Å². The third-order valence-corrected chi connectivity index (χ3v) is 4.08. The van der Waals surface area contributed by atoms with E-state index in [2.05, 4.69) is 15.4 Å². The Kier molecular flexibility index (Phi) is 10.2. The Morgan fingerprint density at radius 1 is 1.00 bits per heavy atom. The van der Waals surface area contributed by atoms with E-state index in [1.165, 1.54) is 12.0 Å². The number of rotatable bonds is 11. The second-order valence-corrected chi connectivity index (χ2v) is 6.60. The second kappa shape index (κ2) is 12.4. The quantitative estimate of drug-likeness (QED) is 0.535. The van der Waals surface area contributed by atoms with Crippen molar-refractivity contribution < 1.29 is 28.7 Å². The molecule has 0 aliphatic heterocycles. The van der Waals surface area contributed by atoms with Crippen LogP contribution in [0.15, 0.2) is 24.3 Å². The molecular weight excluding hydrogens is 378 g/mol. The normalized spacial score (nSPS) is 10.2. The van der Waals surface area contributed by atoms with Crippen LogP contribution in [0.2, 0.25) is 0 Å². The first-order valence-electron chi connectivity index (χ1n) is 9.33. The van der Waals surface area contributed by atoms with E-state index in [4.69, 9.17) is 4.74 Å². The van der Waals surface area contributed by atoms with Gasteiger partial charge < -0.3 is 25.0 Å². The minimum atomic E-state index is -0.440. The van der Waals surface area contributed by atoms with Gasteiger partial charge in [-0.2, -0.15) is 0 Å². The topological polar surface area (TPSA) is 114 Å². The van der Waals surface area contributed by atoms with Gasteiger partial charge in [-0.1, -0.05) is 0 Å². The SMILES string of the molecule is COC(=O)CCCC(=O)N(CC(=O)NCC(=O)Nc1ccc(OC)cc1)C(C)C. The van der Waals surface area contributed by atoms with Crippen LogP contribution >= 0.6 is 0 Å². The van der Waals surface area contributed by atoms with Crippen molar-refractivity contribution in [1.29, 1.82) is 0 Å². The second-order valence-electron chi connectivity index (χ2n) is 6.60. The van der Waals surface area contributed by atoms with Crippen molar-refractivity contribution in [2.75, 3.05) is 32.6 Å². The van der Waals surface area contributed by atoms with Crippen molar-refractivity contribution in [1.82, 2.24) is 10.2 Å². The minimum absolute atomic E-state index is 0.137. The van der Waals surface area contributed by atoms with Crippen LogP contribution in [0, 0.1) is 0 Å². The van der Waals surface area contributed by atoms with E-state index >= 15 is 0 Å². The predicted octanol–water partition coefficient (Wildman–Crippen LogP) is 1.33. The highest BCUT2D eigenvalue weighted by molar-refractivity contribution is 5.95. The standard InChI is InChI=1S/C20H29N3O6/c1-14(2)23(19(26)6-5-7-20(27)29-4)13-18(25)21-12-17(24)22-15-8-10-16(28-3)11-9-15/h8-11,14H,5-7,12-13H2,1-4H3,(H,21,25)(H,22,24). The summed E-state index contributed by atoms with van der Waals surface area (Å²) in [5, 5.41) is 5.16. The fraction of sp³-hybridized carbons (Fsp3) is 0.500. The molecule has 1 aromatic carbocycles. The summed E-state index contributed by atoms with van der Waals surface area (Å²) in [6.07, 6.45) is 0.630. The van der Waals surface area contributed by atoms with Gasteiger partial charge in [0.15, 0.2) is 0 Å². The first-order valence-corrected chi connectivity index (χ1v) is 9.33. The summed E-state index contributed by atoms with van der Waals surface area (Å²) >= 11 is 0. The Hall–Kier alpha value is -3.10. The molecule has 0 aromatic heterocycles. The average Bonchev–Trinajstić information content (AvgIpc) is 2.70. The number of carbonyl (C=O) groups excluding carboxylic acids is 4. The highest BCUT2D eigenvalue weighted by Gasteiger charge is 2.20. The van der Waals surface area contributed by atoms with Gasteiger partial charge in [0.05, 0.1) is 27.3 Å². The summed E-state index contributed by atoms with van der Waals surface area (Å²) in [5.74, 6) is -0.772. The van der Waals surface area contributed by atoms with Gasteiger partial charge in [-0.25, -0.2) is 0 Å². The number of hydrogen-bond acceptors (Lipinski definition) is 6. The van der Waals surface area contributed by atoms with Crippen molar-refractivity contribution in [3.63, 3.8) is 0 Å². The monoisotopic (exact) mass is 407 g/mol. The minimum Gasteiger partial charge on any atom is -0.497 e. The summed E-state index contributed by atoms with van der Waals surface area (Å²) in [4.78, 5) is 49.0. The molecule has 2 N–H and O–H groups in total. The van der Waals surface area contributed by atoms with E-state index < -0.39 is 5.91 Å². The summed E-state index contributed by atoms with van der Waals surface area (Å²) < 4.78 is 9.59. The molecule has 0 saturated heterocycles. The Balaban J connectivity index is 2.44. The molecule has 0 bridgehead atoms. The molecule has 9 heteroatoms. The fourth-order valence-corrected chi connectivity index (χ4v) is 2.46. The molecule has 0 heterocycles. The molecule has 0 unspecified atom stereocenters. The number of carbonyl (C=O) groups is 4.